The van der Waals surface area contributed by atoms with Gasteiger partial charge in [0.15, 0.2) is 11.5 Å². The summed E-state index contributed by atoms with van der Waals surface area (Å²) in [7, 11) is 0. The molecule has 166 valence electrons. The lowest BCUT2D eigenvalue weighted by molar-refractivity contribution is -0.116. The van der Waals surface area contributed by atoms with Crippen LogP contribution in [0.4, 0.5) is 5.69 Å². The van der Waals surface area contributed by atoms with Crippen LogP contribution >= 0.6 is 0 Å². The molecule has 0 radical (unpaired) electrons. The first kappa shape index (κ1) is 20.8. The molecular formula is C26H29N3O3. The molecule has 1 amide bonds. The molecule has 3 aromatic rings. The fourth-order valence-corrected chi connectivity index (χ4v) is 4.68. The molecule has 0 aliphatic carbocycles. The molecule has 1 saturated heterocycles. The van der Waals surface area contributed by atoms with Crippen molar-refractivity contribution in [1.29, 1.82) is 0 Å². The van der Waals surface area contributed by atoms with Crippen LogP contribution in [0.25, 0.3) is 10.8 Å². The number of nitrogens with one attached hydrogen (secondary N) is 1. The molecule has 6 heteroatoms. The second-order valence-electron chi connectivity index (χ2n) is 8.68. The van der Waals surface area contributed by atoms with Gasteiger partial charge in [0, 0.05) is 42.5 Å². The summed E-state index contributed by atoms with van der Waals surface area (Å²) in [6, 6.07) is 14.1. The van der Waals surface area contributed by atoms with Gasteiger partial charge in [0.25, 0.3) is 0 Å². The van der Waals surface area contributed by atoms with Crippen molar-refractivity contribution in [2.45, 2.75) is 32.2 Å². The SMILES string of the molecule is O=C(CCC1CCN(Cc2cccc3cnccc23)CC1)Nc1ccc2c(c1)OCCO2. The van der Waals surface area contributed by atoms with Gasteiger partial charge in [-0.25, -0.2) is 0 Å². The van der Waals surface area contributed by atoms with Crippen LogP contribution in [0, 0.1) is 5.92 Å². The standard InChI is InChI=1S/C26H29N3O3/c30-26(28-22-5-6-24-25(16-22)32-15-14-31-24)7-4-19-9-12-29(13-10-19)18-21-3-1-2-20-17-27-11-8-23(20)21/h1-3,5-6,8,11,16-17,19H,4,7,9-10,12-15,18H2,(H,28,30). The summed E-state index contributed by atoms with van der Waals surface area (Å²) in [6.07, 6.45) is 7.57. The van der Waals surface area contributed by atoms with Crippen molar-refractivity contribution in [1.82, 2.24) is 9.88 Å². The minimum Gasteiger partial charge on any atom is -0.486 e. The van der Waals surface area contributed by atoms with Gasteiger partial charge in [-0.3, -0.25) is 14.7 Å². The highest BCUT2D eigenvalue weighted by Crippen LogP contribution is 2.33. The van der Waals surface area contributed by atoms with Gasteiger partial charge in [-0.2, -0.15) is 0 Å². The van der Waals surface area contributed by atoms with Gasteiger partial charge in [0.1, 0.15) is 13.2 Å². The number of ether oxygens (including phenoxy) is 2. The van der Waals surface area contributed by atoms with E-state index >= 15 is 0 Å². The van der Waals surface area contributed by atoms with Gasteiger partial charge < -0.3 is 14.8 Å². The fourth-order valence-electron chi connectivity index (χ4n) is 4.68. The van der Waals surface area contributed by atoms with E-state index in [9.17, 15) is 4.79 Å². The summed E-state index contributed by atoms with van der Waals surface area (Å²) in [5.41, 5.74) is 2.13. The van der Waals surface area contributed by atoms with Crippen molar-refractivity contribution in [2.24, 2.45) is 5.92 Å². The fraction of sp³-hybridized carbons (Fsp3) is 0.385. The molecule has 0 spiro atoms. The van der Waals surface area contributed by atoms with E-state index < -0.39 is 0 Å². The third-order valence-electron chi connectivity index (χ3n) is 6.48. The molecule has 0 bridgehead atoms. The van der Waals surface area contributed by atoms with Crippen LogP contribution in [-0.4, -0.2) is 42.1 Å². The number of likely N-dealkylation sites (tertiary alicyclic amines) is 1. The number of piperidine rings is 1. The summed E-state index contributed by atoms with van der Waals surface area (Å²) in [4.78, 5) is 19.2. The molecule has 2 aromatic carbocycles. The van der Waals surface area contributed by atoms with Gasteiger partial charge in [-0.05, 0) is 67.4 Å². The molecule has 5 rings (SSSR count). The van der Waals surface area contributed by atoms with Gasteiger partial charge in [0.2, 0.25) is 5.91 Å². The van der Waals surface area contributed by atoms with Crippen LogP contribution < -0.4 is 14.8 Å². The lowest BCUT2D eigenvalue weighted by Crippen LogP contribution is -2.33. The molecule has 3 heterocycles. The highest BCUT2D eigenvalue weighted by molar-refractivity contribution is 5.91. The zero-order valence-corrected chi connectivity index (χ0v) is 18.3. The number of carbonyl (C=O) groups is 1. The molecular weight excluding hydrogens is 402 g/mol. The number of hydrogen-bond acceptors (Lipinski definition) is 5. The van der Waals surface area contributed by atoms with E-state index in [1.807, 2.05) is 30.6 Å². The minimum absolute atomic E-state index is 0.0634. The Balaban J connectivity index is 1.08. The van der Waals surface area contributed by atoms with Crippen LogP contribution in [0.2, 0.25) is 0 Å². The predicted octanol–water partition coefficient (Wildman–Crippen LogP) is 4.64. The van der Waals surface area contributed by atoms with Crippen molar-refractivity contribution >= 4 is 22.4 Å². The van der Waals surface area contributed by atoms with Crippen LogP contribution in [0.3, 0.4) is 0 Å². The Bertz CT molecular complexity index is 1090. The van der Waals surface area contributed by atoms with Crippen LogP contribution in [0.15, 0.2) is 54.9 Å². The number of aromatic nitrogens is 1. The normalized spacial score (nSPS) is 16.8. The highest BCUT2D eigenvalue weighted by atomic mass is 16.6. The van der Waals surface area contributed by atoms with Crippen molar-refractivity contribution in [3.63, 3.8) is 0 Å². The van der Waals surface area contributed by atoms with Crippen LogP contribution in [-0.2, 0) is 11.3 Å². The molecule has 0 unspecified atom stereocenters. The van der Waals surface area contributed by atoms with Gasteiger partial charge in [-0.15, -0.1) is 0 Å². The Morgan fingerprint density at radius 2 is 1.91 bits per heavy atom. The molecule has 2 aliphatic heterocycles. The Morgan fingerprint density at radius 3 is 2.78 bits per heavy atom. The first-order chi connectivity index (χ1) is 15.7. The maximum absolute atomic E-state index is 12.5. The predicted molar refractivity (Wildman–Crippen MR) is 125 cm³/mol. The first-order valence-corrected chi connectivity index (χ1v) is 11.5. The summed E-state index contributed by atoms with van der Waals surface area (Å²) < 4.78 is 11.1. The molecule has 1 aromatic heterocycles. The molecule has 1 fully saturated rings. The van der Waals surface area contributed by atoms with Gasteiger partial charge >= 0.3 is 0 Å². The monoisotopic (exact) mass is 431 g/mol. The molecule has 0 saturated carbocycles. The van der Waals surface area contributed by atoms with Crippen molar-refractivity contribution in [3.05, 3.63) is 60.4 Å². The zero-order chi connectivity index (χ0) is 21.8. The second-order valence-corrected chi connectivity index (χ2v) is 8.68. The van der Waals surface area contributed by atoms with E-state index in [1.165, 1.54) is 16.3 Å². The van der Waals surface area contributed by atoms with Crippen molar-refractivity contribution in [2.75, 3.05) is 31.6 Å². The number of carbonyl (C=O) groups excluding carboxylic acids is 1. The summed E-state index contributed by atoms with van der Waals surface area (Å²) in [6.45, 7) is 4.24. The van der Waals surface area contributed by atoms with Crippen LogP contribution in [0.1, 0.15) is 31.2 Å². The molecule has 32 heavy (non-hydrogen) atoms. The Kier molecular flexibility index (Phi) is 6.21. The molecule has 2 aliphatic rings. The third kappa shape index (κ3) is 4.86. The van der Waals surface area contributed by atoms with E-state index in [1.54, 1.807) is 0 Å². The van der Waals surface area contributed by atoms with Gasteiger partial charge in [-0.1, -0.05) is 18.2 Å². The molecule has 6 nitrogen and oxygen atoms in total. The molecule has 1 N–H and O–H groups in total. The lowest BCUT2D eigenvalue weighted by Gasteiger charge is -2.32. The topological polar surface area (TPSA) is 63.7 Å². The average Bonchev–Trinajstić information content (AvgIpc) is 2.84. The highest BCUT2D eigenvalue weighted by Gasteiger charge is 2.21. The quantitative estimate of drug-likeness (QED) is 0.616. The van der Waals surface area contributed by atoms with Crippen LogP contribution in [0.5, 0.6) is 11.5 Å². The summed E-state index contributed by atoms with van der Waals surface area (Å²) >= 11 is 0. The Labute approximate surface area is 188 Å². The smallest absolute Gasteiger partial charge is 0.224 e. The van der Waals surface area contributed by atoms with E-state index in [-0.39, 0.29) is 5.91 Å². The molecule has 0 atom stereocenters. The zero-order valence-electron chi connectivity index (χ0n) is 18.3. The number of benzene rings is 2. The Hall–Kier alpha value is -3.12. The maximum Gasteiger partial charge on any atom is 0.224 e. The maximum atomic E-state index is 12.5. The number of hydrogen-bond donors (Lipinski definition) is 1. The number of rotatable bonds is 6. The average molecular weight is 432 g/mol. The number of fused-ring (bicyclic) bond motifs is 2. The Morgan fingerprint density at radius 1 is 1.06 bits per heavy atom. The van der Waals surface area contributed by atoms with E-state index in [0.29, 0.717) is 31.3 Å². The lowest BCUT2D eigenvalue weighted by atomic mass is 9.91. The number of anilines is 1. The van der Waals surface area contributed by atoms with E-state index in [2.05, 4.69) is 39.5 Å². The summed E-state index contributed by atoms with van der Waals surface area (Å²) in [5, 5.41) is 5.49. The largest absolute Gasteiger partial charge is 0.486 e. The second kappa shape index (κ2) is 9.57. The number of pyridine rings is 1. The third-order valence-corrected chi connectivity index (χ3v) is 6.48. The first-order valence-electron chi connectivity index (χ1n) is 11.5. The minimum atomic E-state index is 0.0634. The van der Waals surface area contributed by atoms with E-state index in [0.717, 1.165) is 50.3 Å². The van der Waals surface area contributed by atoms with Gasteiger partial charge in [0.05, 0.1) is 0 Å². The van der Waals surface area contributed by atoms with Crippen molar-refractivity contribution < 1.29 is 14.3 Å². The van der Waals surface area contributed by atoms with Crippen molar-refractivity contribution in [3.8, 4) is 11.5 Å². The number of nitrogens with zero attached hydrogens (tertiary/aromatic N) is 2. The summed E-state index contributed by atoms with van der Waals surface area (Å²) in [5.74, 6) is 2.10. The number of amides is 1. The van der Waals surface area contributed by atoms with E-state index in [4.69, 9.17) is 9.47 Å².